The van der Waals surface area contributed by atoms with Gasteiger partial charge in [-0.05, 0) is 42.8 Å². The van der Waals surface area contributed by atoms with Crippen LogP contribution in [0.4, 0.5) is 15.8 Å². The van der Waals surface area contributed by atoms with E-state index in [0.717, 1.165) is 0 Å². The quantitative estimate of drug-likeness (QED) is 0.850. The lowest BCUT2D eigenvalue weighted by atomic mass is 10.2. The first-order valence-corrected chi connectivity index (χ1v) is 7.54. The Morgan fingerprint density at radius 2 is 1.90 bits per heavy atom. The number of nitrogens with two attached hydrogens (primary N) is 1. The molecule has 2 aromatic rings. The van der Waals surface area contributed by atoms with Gasteiger partial charge in [0, 0.05) is 6.07 Å². The topological polar surface area (TPSA) is 81.4 Å². The normalized spacial score (nSPS) is 11.2. The van der Waals surface area contributed by atoms with E-state index in [4.69, 9.17) is 10.5 Å². The number of halogens is 1. The highest BCUT2D eigenvalue weighted by Crippen LogP contribution is 2.26. The Morgan fingerprint density at radius 3 is 2.52 bits per heavy atom. The van der Waals surface area contributed by atoms with Crippen molar-refractivity contribution in [3.63, 3.8) is 0 Å². The largest absolute Gasteiger partial charge is 0.495 e. The fraction of sp³-hybridized carbons (Fsp3) is 0.143. The van der Waals surface area contributed by atoms with Crippen molar-refractivity contribution in [2.24, 2.45) is 0 Å². The van der Waals surface area contributed by atoms with Crippen LogP contribution in [0.1, 0.15) is 5.56 Å². The van der Waals surface area contributed by atoms with Crippen molar-refractivity contribution in [3.8, 4) is 5.75 Å². The summed E-state index contributed by atoms with van der Waals surface area (Å²) in [5.74, 6) is -0.154. The molecule has 0 aliphatic carbocycles. The minimum Gasteiger partial charge on any atom is -0.495 e. The lowest BCUT2D eigenvalue weighted by molar-refractivity contribution is 0.415. The first-order valence-electron chi connectivity index (χ1n) is 6.06. The summed E-state index contributed by atoms with van der Waals surface area (Å²) < 4.78 is 45.1. The van der Waals surface area contributed by atoms with Crippen molar-refractivity contribution >= 4 is 21.4 Å². The smallest absolute Gasteiger partial charge is 0.262 e. The molecule has 0 bridgehead atoms. The van der Waals surface area contributed by atoms with Gasteiger partial charge in [-0.15, -0.1) is 0 Å². The third-order valence-corrected chi connectivity index (χ3v) is 4.31. The highest BCUT2D eigenvalue weighted by atomic mass is 32.2. The molecule has 0 aliphatic rings. The molecule has 0 atom stereocenters. The average molecular weight is 310 g/mol. The van der Waals surface area contributed by atoms with Crippen LogP contribution in [0.3, 0.4) is 0 Å². The van der Waals surface area contributed by atoms with E-state index in [0.29, 0.717) is 16.9 Å². The molecule has 2 aromatic carbocycles. The summed E-state index contributed by atoms with van der Waals surface area (Å²) in [6.07, 6.45) is 0. The molecule has 0 radical (unpaired) electrons. The number of anilines is 2. The van der Waals surface area contributed by atoms with Gasteiger partial charge in [-0.25, -0.2) is 12.8 Å². The van der Waals surface area contributed by atoms with Gasteiger partial charge in [-0.1, -0.05) is 0 Å². The van der Waals surface area contributed by atoms with Gasteiger partial charge in [0.1, 0.15) is 11.6 Å². The molecule has 5 nitrogen and oxygen atoms in total. The number of hydrogen-bond acceptors (Lipinski definition) is 4. The second-order valence-electron chi connectivity index (χ2n) is 4.47. The van der Waals surface area contributed by atoms with Crippen LogP contribution in [-0.4, -0.2) is 15.5 Å². The second kappa shape index (κ2) is 5.61. The highest BCUT2D eigenvalue weighted by Gasteiger charge is 2.17. The number of benzene rings is 2. The molecule has 21 heavy (non-hydrogen) atoms. The molecule has 0 fully saturated rings. The molecule has 0 heterocycles. The molecule has 7 heteroatoms. The standard InChI is InChI=1S/C14H15FN2O3S/c1-9-7-10(15)3-6-13(9)17-21(18,19)11-4-5-12(16)14(8-11)20-2/h3-8,17H,16H2,1-2H3. The number of sulfonamides is 1. The first kappa shape index (κ1) is 15.1. The summed E-state index contributed by atoms with van der Waals surface area (Å²) in [4.78, 5) is 0.0114. The molecule has 0 saturated carbocycles. The van der Waals surface area contributed by atoms with Crippen molar-refractivity contribution in [2.45, 2.75) is 11.8 Å². The second-order valence-corrected chi connectivity index (χ2v) is 6.15. The van der Waals surface area contributed by atoms with Crippen LogP contribution in [0, 0.1) is 12.7 Å². The van der Waals surface area contributed by atoms with Crippen molar-refractivity contribution in [1.82, 2.24) is 0 Å². The number of aryl methyl sites for hydroxylation is 1. The van der Waals surface area contributed by atoms with E-state index in [-0.39, 0.29) is 10.6 Å². The number of nitrogen functional groups attached to an aromatic ring is 1. The zero-order valence-corrected chi connectivity index (χ0v) is 12.4. The van der Waals surface area contributed by atoms with E-state index < -0.39 is 15.8 Å². The van der Waals surface area contributed by atoms with E-state index >= 15 is 0 Å². The van der Waals surface area contributed by atoms with Gasteiger partial charge in [0.2, 0.25) is 0 Å². The van der Waals surface area contributed by atoms with Crippen molar-refractivity contribution < 1.29 is 17.5 Å². The highest BCUT2D eigenvalue weighted by molar-refractivity contribution is 7.92. The van der Waals surface area contributed by atoms with Crippen molar-refractivity contribution in [1.29, 1.82) is 0 Å². The van der Waals surface area contributed by atoms with Gasteiger partial charge in [0.25, 0.3) is 10.0 Å². The fourth-order valence-corrected chi connectivity index (χ4v) is 2.95. The molecular weight excluding hydrogens is 295 g/mol. The predicted octanol–water partition coefficient (Wildman–Crippen LogP) is 2.53. The molecule has 0 unspecified atom stereocenters. The third kappa shape index (κ3) is 3.25. The Morgan fingerprint density at radius 1 is 1.19 bits per heavy atom. The zero-order chi connectivity index (χ0) is 15.6. The number of hydrogen-bond donors (Lipinski definition) is 2. The number of ether oxygens (including phenoxy) is 1. The maximum atomic E-state index is 13.0. The van der Waals surface area contributed by atoms with Crippen LogP contribution < -0.4 is 15.2 Å². The third-order valence-electron chi connectivity index (χ3n) is 2.95. The van der Waals surface area contributed by atoms with E-state index in [1.54, 1.807) is 6.92 Å². The molecule has 0 saturated heterocycles. The van der Waals surface area contributed by atoms with Crippen LogP contribution in [0.25, 0.3) is 0 Å². The summed E-state index contributed by atoms with van der Waals surface area (Å²) in [5.41, 5.74) is 6.80. The predicted molar refractivity (Wildman–Crippen MR) is 79.4 cm³/mol. The Bertz CT molecular complexity index is 776. The summed E-state index contributed by atoms with van der Waals surface area (Å²) in [5, 5.41) is 0. The summed E-state index contributed by atoms with van der Waals surface area (Å²) in [6.45, 7) is 1.62. The molecule has 112 valence electrons. The van der Waals surface area contributed by atoms with E-state index in [1.165, 1.54) is 43.5 Å². The van der Waals surface area contributed by atoms with Gasteiger partial charge < -0.3 is 10.5 Å². The van der Waals surface area contributed by atoms with Crippen LogP contribution in [-0.2, 0) is 10.0 Å². The SMILES string of the molecule is COc1cc(S(=O)(=O)Nc2ccc(F)cc2C)ccc1N. The summed E-state index contributed by atoms with van der Waals surface area (Å²) >= 11 is 0. The maximum absolute atomic E-state index is 13.0. The van der Waals surface area contributed by atoms with E-state index in [2.05, 4.69) is 4.72 Å². The lowest BCUT2D eigenvalue weighted by Crippen LogP contribution is -2.14. The van der Waals surface area contributed by atoms with Crippen LogP contribution in [0.5, 0.6) is 5.75 Å². The van der Waals surface area contributed by atoms with Crippen LogP contribution >= 0.6 is 0 Å². The Kier molecular flexibility index (Phi) is 4.04. The van der Waals surface area contributed by atoms with Gasteiger partial charge in [0.15, 0.2) is 0 Å². The Hall–Kier alpha value is -2.28. The molecule has 0 spiro atoms. The summed E-state index contributed by atoms with van der Waals surface area (Å²) in [6, 6.07) is 7.97. The number of methoxy groups -OCH3 is 1. The van der Waals surface area contributed by atoms with Gasteiger partial charge in [-0.3, -0.25) is 4.72 Å². The van der Waals surface area contributed by atoms with Crippen molar-refractivity contribution in [2.75, 3.05) is 17.6 Å². The molecule has 0 amide bonds. The van der Waals surface area contributed by atoms with Gasteiger partial charge in [-0.2, -0.15) is 0 Å². The maximum Gasteiger partial charge on any atom is 0.262 e. The minimum absolute atomic E-state index is 0.0114. The molecule has 0 aromatic heterocycles. The first-order chi connectivity index (χ1) is 9.83. The van der Waals surface area contributed by atoms with E-state index in [1.807, 2.05) is 0 Å². The van der Waals surface area contributed by atoms with Gasteiger partial charge in [0.05, 0.1) is 23.4 Å². The number of nitrogens with one attached hydrogen (secondary N) is 1. The Labute approximate surface area is 122 Å². The minimum atomic E-state index is -3.81. The van der Waals surface area contributed by atoms with Crippen molar-refractivity contribution in [3.05, 3.63) is 47.8 Å². The van der Waals surface area contributed by atoms with Crippen LogP contribution in [0.15, 0.2) is 41.3 Å². The average Bonchev–Trinajstić information content (AvgIpc) is 2.42. The monoisotopic (exact) mass is 310 g/mol. The van der Waals surface area contributed by atoms with E-state index in [9.17, 15) is 12.8 Å². The molecule has 3 N–H and O–H groups in total. The lowest BCUT2D eigenvalue weighted by Gasteiger charge is -2.12. The zero-order valence-electron chi connectivity index (χ0n) is 11.6. The molecule has 2 rings (SSSR count). The number of rotatable bonds is 4. The van der Waals surface area contributed by atoms with Crippen LogP contribution in [0.2, 0.25) is 0 Å². The fourth-order valence-electron chi connectivity index (χ4n) is 1.80. The molecule has 0 aliphatic heterocycles. The summed E-state index contributed by atoms with van der Waals surface area (Å²) in [7, 11) is -2.40. The van der Waals surface area contributed by atoms with Gasteiger partial charge >= 0.3 is 0 Å². The molecular formula is C14H15FN2O3S. The Balaban J connectivity index is 2.38.